The zero-order valence-corrected chi connectivity index (χ0v) is 21.8. The SMILES string of the molecule is CC(C)c1cc(C(C)C)c(S(=O)(=O)c2cccc(CC(=O)OCC(Cl)Cl)c2)c(C(C)C)c1. The summed E-state index contributed by atoms with van der Waals surface area (Å²) >= 11 is 11.2. The highest BCUT2D eigenvalue weighted by molar-refractivity contribution is 7.91. The molecule has 4 nitrogen and oxygen atoms in total. The Kier molecular flexibility index (Phi) is 9.21. The minimum Gasteiger partial charge on any atom is -0.463 e. The molecule has 0 aromatic heterocycles. The predicted octanol–water partition coefficient (Wildman–Crippen LogP) is 6.78. The van der Waals surface area contributed by atoms with Gasteiger partial charge >= 0.3 is 5.97 Å². The van der Waals surface area contributed by atoms with Crippen molar-refractivity contribution in [2.24, 2.45) is 0 Å². The summed E-state index contributed by atoms with van der Waals surface area (Å²) in [5.74, 6) is -0.157. The van der Waals surface area contributed by atoms with Crippen molar-refractivity contribution in [2.45, 2.75) is 80.3 Å². The van der Waals surface area contributed by atoms with Gasteiger partial charge in [0.25, 0.3) is 0 Å². The molecule has 2 aromatic carbocycles. The smallest absolute Gasteiger partial charge is 0.310 e. The fourth-order valence-corrected chi connectivity index (χ4v) is 5.65. The molecule has 0 aliphatic rings. The first-order valence-corrected chi connectivity index (χ1v) is 13.2. The first-order chi connectivity index (χ1) is 14.8. The fourth-order valence-electron chi connectivity index (χ4n) is 3.51. The number of hydrogen-bond acceptors (Lipinski definition) is 4. The molecular weight excluding hydrogens is 467 g/mol. The van der Waals surface area contributed by atoms with Gasteiger partial charge in [0.2, 0.25) is 9.84 Å². The lowest BCUT2D eigenvalue weighted by Gasteiger charge is -2.23. The van der Waals surface area contributed by atoms with Gasteiger partial charge in [0.1, 0.15) is 11.4 Å². The minimum absolute atomic E-state index is 0.0354. The van der Waals surface area contributed by atoms with Crippen molar-refractivity contribution in [1.82, 2.24) is 0 Å². The van der Waals surface area contributed by atoms with Gasteiger partial charge in [-0.05, 0) is 52.1 Å². The van der Waals surface area contributed by atoms with E-state index in [0.717, 1.165) is 16.7 Å². The Bertz CT molecular complexity index is 1030. The number of carbonyl (C=O) groups is 1. The third kappa shape index (κ3) is 6.49. The summed E-state index contributed by atoms with van der Waals surface area (Å²) in [4.78, 5) is 11.8. The predicted molar refractivity (Wildman–Crippen MR) is 131 cm³/mol. The van der Waals surface area contributed by atoms with E-state index in [0.29, 0.717) is 10.5 Å². The third-order valence-corrected chi connectivity index (χ3v) is 7.41. The minimum atomic E-state index is -3.81. The van der Waals surface area contributed by atoms with Crippen molar-refractivity contribution in [2.75, 3.05) is 6.61 Å². The average Bonchev–Trinajstić information content (AvgIpc) is 2.71. The molecule has 0 N–H and O–H groups in total. The highest BCUT2D eigenvalue weighted by Gasteiger charge is 2.28. The van der Waals surface area contributed by atoms with E-state index in [9.17, 15) is 13.2 Å². The molecule has 0 saturated heterocycles. The Morgan fingerprint density at radius 3 is 1.94 bits per heavy atom. The van der Waals surface area contributed by atoms with Crippen molar-refractivity contribution in [3.63, 3.8) is 0 Å². The summed E-state index contributed by atoms with van der Waals surface area (Å²) in [7, 11) is -3.81. The van der Waals surface area contributed by atoms with E-state index in [-0.39, 0.29) is 35.7 Å². The fraction of sp³-hybridized carbons (Fsp3) is 0.480. The molecule has 0 unspecified atom stereocenters. The number of benzene rings is 2. The van der Waals surface area contributed by atoms with Crippen LogP contribution in [0.15, 0.2) is 46.2 Å². The molecule has 0 bridgehead atoms. The zero-order valence-electron chi connectivity index (χ0n) is 19.5. The Labute approximate surface area is 202 Å². The molecule has 0 spiro atoms. The molecule has 0 radical (unpaired) electrons. The summed E-state index contributed by atoms with van der Waals surface area (Å²) in [5, 5.41) is 0. The standard InChI is InChI=1S/C25H32Cl2O4S/c1-15(2)19-12-21(16(3)4)25(22(13-19)17(5)6)32(29,30)20-9-7-8-18(10-20)11-24(28)31-14-23(26)27/h7-10,12-13,15-17,23H,11,14H2,1-6H3. The normalized spacial score (nSPS) is 12.2. The second-order valence-corrected chi connectivity index (χ2v) is 12.1. The number of rotatable bonds is 9. The van der Waals surface area contributed by atoms with Gasteiger partial charge < -0.3 is 4.74 Å². The topological polar surface area (TPSA) is 60.4 Å². The van der Waals surface area contributed by atoms with Gasteiger partial charge in [0.05, 0.1) is 16.2 Å². The van der Waals surface area contributed by atoms with Crippen LogP contribution in [0.3, 0.4) is 0 Å². The number of halogens is 2. The summed E-state index contributed by atoms with van der Waals surface area (Å²) in [5.41, 5.74) is 3.32. The number of esters is 1. The molecule has 0 heterocycles. The van der Waals surface area contributed by atoms with E-state index in [1.807, 2.05) is 39.8 Å². The first kappa shape index (κ1) is 26.7. The van der Waals surface area contributed by atoms with Crippen LogP contribution in [0.4, 0.5) is 0 Å². The number of hydrogen-bond donors (Lipinski definition) is 0. The Hall–Kier alpha value is -1.56. The van der Waals surface area contributed by atoms with Crippen LogP contribution in [-0.2, 0) is 25.8 Å². The molecule has 2 aromatic rings. The van der Waals surface area contributed by atoms with E-state index >= 15 is 0 Å². The van der Waals surface area contributed by atoms with Crippen molar-refractivity contribution in [3.05, 3.63) is 58.7 Å². The number of ether oxygens (including phenoxy) is 1. The van der Waals surface area contributed by atoms with Crippen LogP contribution in [-0.4, -0.2) is 25.8 Å². The lowest BCUT2D eigenvalue weighted by Crippen LogP contribution is -2.14. The number of sulfone groups is 1. The van der Waals surface area contributed by atoms with Crippen molar-refractivity contribution >= 4 is 39.0 Å². The lowest BCUT2D eigenvalue weighted by molar-refractivity contribution is -0.142. The molecule has 0 saturated carbocycles. The summed E-state index contributed by atoms with van der Waals surface area (Å²) in [6.45, 7) is 12.1. The highest BCUT2D eigenvalue weighted by Crippen LogP contribution is 2.38. The maximum atomic E-state index is 13.9. The molecule has 32 heavy (non-hydrogen) atoms. The molecule has 176 valence electrons. The Balaban J connectivity index is 2.57. The molecule has 0 amide bonds. The second-order valence-electron chi connectivity index (χ2n) is 8.89. The summed E-state index contributed by atoms with van der Waals surface area (Å²) in [6, 6.07) is 10.5. The lowest BCUT2D eigenvalue weighted by atomic mass is 9.89. The van der Waals surface area contributed by atoms with E-state index in [1.54, 1.807) is 24.3 Å². The average molecular weight is 500 g/mol. The van der Waals surface area contributed by atoms with E-state index in [4.69, 9.17) is 27.9 Å². The van der Waals surface area contributed by atoms with Crippen LogP contribution < -0.4 is 0 Å². The van der Waals surface area contributed by atoms with Gasteiger partial charge in [-0.2, -0.15) is 0 Å². The van der Waals surface area contributed by atoms with Crippen LogP contribution in [0.2, 0.25) is 0 Å². The monoisotopic (exact) mass is 498 g/mol. The van der Waals surface area contributed by atoms with E-state index in [2.05, 4.69) is 13.8 Å². The molecule has 0 aliphatic carbocycles. The molecule has 0 fully saturated rings. The van der Waals surface area contributed by atoms with Gasteiger partial charge in [-0.3, -0.25) is 4.79 Å². The molecule has 2 rings (SSSR count). The van der Waals surface area contributed by atoms with Gasteiger partial charge in [0, 0.05) is 0 Å². The number of carbonyl (C=O) groups excluding carboxylic acids is 1. The van der Waals surface area contributed by atoms with Gasteiger partial charge in [-0.15, -0.1) is 23.2 Å². The van der Waals surface area contributed by atoms with Gasteiger partial charge in [-0.1, -0.05) is 65.8 Å². The van der Waals surface area contributed by atoms with Gasteiger partial charge in [-0.25, -0.2) is 8.42 Å². The summed E-state index contributed by atoms with van der Waals surface area (Å²) in [6.07, 6.45) is -0.0653. The first-order valence-electron chi connectivity index (χ1n) is 10.8. The van der Waals surface area contributed by atoms with Crippen molar-refractivity contribution in [1.29, 1.82) is 0 Å². The third-order valence-electron chi connectivity index (χ3n) is 5.28. The quantitative estimate of drug-likeness (QED) is 0.282. The summed E-state index contributed by atoms with van der Waals surface area (Å²) < 4.78 is 32.7. The number of alkyl halides is 2. The molecule has 0 aliphatic heterocycles. The van der Waals surface area contributed by atoms with Gasteiger partial charge in [0.15, 0.2) is 0 Å². The Morgan fingerprint density at radius 2 is 1.47 bits per heavy atom. The highest BCUT2D eigenvalue weighted by atomic mass is 35.5. The maximum absolute atomic E-state index is 13.9. The molecule has 0 atom stereocenters. The van der Waals surface area contributed by atoms with E-state index < -0.39 is 20.6 Å². The van der Waals surface area contributed by atoms with Crippen LogP contribution in [0.25, 0.3) is 0 Å². The zero-order chi connectivity index (χ0) is 24.2. The van der Waals surface area contributed by atoms with Crippen LogP contribution in [0, 0.1) is 0 Å². The van der Waals surface area contributed by atoms with Crippen LogP contribution in [0.1, 0.15) is 81.5 Å². The van der Waals surface area contributed by atoms with Crippen molar-refractivity contribution < 1.29 is 17.9 Å². The van der Waals surface area contributed by atoms with E-state index in [1.165, 1.54) is 0 Å². The van der Waals surface area contributed by atoms with Crippen LogP contribution >= 0.6 is 23.2 Å². The Morgan fingerprint density at radius 1 is 0.906 bits per heavy atom. The largest absolute Gasteiger partial charge is 0.463 e. The van der Waals surface area contributed by atoms with Crippen LogP contribution in [0.5, 0.6) is 0 Å². The van der Waals surface area contributed by atoms with Crippen molar-refractivity contribution in [3.8, 4) is 0 Å². The second kappa shape index (κ2) is 11.0. The molecule has 7 heteroatoms. The molecular formula is C25H32Cl2O4S. The maximum Gasteiger partial charge on any atom is 0.310 e.